The van der Waals surface area contributed by atoms with Crippen LogP contribution < -0.4 is 10.6 Å². The number of carbonyl (C=O) groups is 1. The third-order valence-corrected chi connectivity index (χ3v) is 3.03. The molecular formula is C13H19BrN2O. The highest BCUT2D eigenvalue weighted by molar-refractivity contribution is 9.10. The van der Waals surface area contributed by atoms with E-state index in [9.17, 15) is 4.79 Å². The molecule has 3 nitrogen and oxygen atoms in total. The first kappa shape index (κ1) is 14.2. The molecule has 0 radical (unpaired) electrons. The van der Waals surface area contributed by atoms with E-state index in [1.807, 2.05) is 32.0 Å². The molecule has 0 aliphatic heterocycles. The Labute approximate surface area is 111 Å². The van der Waals surface area contributed by atoms with Crippen LogP contribution in [0.5, 0.6) is 0 Å². The van der Waals surface area contributed by atoms with E-state index in [2.05, 4.69) is 32.6 Å². The second-order valence-corrected chi connectivity index (χ2v) is 5.09. The van der Waals surface area contributed by atoms with Crippen molar-refractivity contribution in [1.29, 1.82) is 0 Å². The third-order valence-electron chi connectivity index (χ3n) is 2.25. The van der Waals surface area contributed by atoms with Gasteiger partial charge in [0.05, 0.1) is 0 Å². The fourth-order valence-corrected chi connectivity index (χ4v) is 1.89. The molecule has 1 aromatic carbocycles. The maximum atomic E-state index is 11.4. The number of rotatable bonds is 6. The van der Waals surface area contributed by atoms with Crippen molar-refractivity contribution in [2.75, 3.05) is 6.54 Å². The van der Waals surface area contributed by atoms with Crippen molar-refractivity contribution in [3.8, 4) is 0 Å². The van der Waals surface area contributed by atoms with Gasteiger partial charge in [0.25, 0.3) is 0 Å². The largest absolute Gasteiger partial charge is 0.354 e. The Morgan fingerprint density at radius 2 is 2.06 bits per heavy atom. The fourth-order valence-electron chi connectivity index (χ4n) is 1.46. The van der Waals surface area contributed by atoms with Gasteiger partial charge in [-0.3, -0.25) is 4.79 Å². The first-order valence-electron chi connectivity index (χ1n) is 5.83. The fraction of sp³-hybridized carbons (Fsp3) is 0.462. The molecule has 0 heterocycles. The number of hydrogen-bond donors (Lipinski definition) is 2. The number of carbonyl (C=O) groups excluding carboxylic acids is 1. The monoisotopic (exact) mass is 298 g/mol. The van der Waals surface area contributed by atoms with E-state index in [1.165, 1.54) is 5.56 Å². The van der Waals surface area contributed by atoms with Crippen molar-refractivity contribution >= 4 is 21.8 Å². The second-order valence-electron chi connectivity index (χ2n) is 4.24. The molecule has 0 aliphatic carbocycles. The van der Waals surface area contributed by atoms with Crippen LogP contribution in [0.3, 0.4) is 0 Å². The molecule has 1 amide bonds. The number of hydrogen-bond acceptors (Lipinski definition) is 2. The molecule has 0 saturated heterocycles. The molecule has 0 saturated carbocycles. The number of benzene rings is 1. The highest BCUT2D eigenvalue weighted by atomic mass is 79.9. The lowest BCUT2D eigenvalue weighted by Crippen LogP contribution is -2.32. The topological polar surface area (TPSA) is 41.1 Å². The Kier molecular flexibility index (Phi) is 6.22. The Balaban J connectivity index is 2.21. The minimum absolute atomic E-state index is 0.0969. The zero-order chi connectivity index (χ0) is 12.7. The summed E-state index contributed by atoms with van der Waals surface area (Å²) in [6, 6.07) is 8.29. The second kappa shape index (κ2) is 7.45. The lowest BCUT2D eigenvalue weighted by atomic mass is 10.2. The van der Waals surface area contributed by atoms with Crippen molar-refractivity contribution in [3.05, 3.63) is 34.3 Å². The molecule has 0 atom stereocenters. The minimum atomic E-state index is 0.0969. The van der Waals surface area contributed by atoms with Gasteiger partial charge in [-0.1, -0.05) is 34.1 Å². The van der Waals surface area contributed by atoms with Gasteiger partial charge in [-0.2, -0.15) is 0 Å². The zero-order valence-corrected chi connectivity index (χ0v) is 11.9. The lowest BCUT2D eigenvalue weighted by molar-refractivity contribution is -0.121. The first-order chi connectivity index (χ1) is 8.09. The van der Waals surface area contributed by atoms with Crippen LogP contribution in [0.4, 0.5) is 0 Å². The standard InChI is InChI=1S/C13H19BrN2O/c1-10(2)16-13(17)7-8-15-9-11-5-3-4-6-12(11)14/h3-6,10,15H,7-9H2,1-2H3,(H,16,17). The van der Waals surface area contributed by atoms with E-state index >= 15 is 0 Å². The van der Waals surface area contributed by atoms with Crippen LogP contribution in [0, 0.1) is 0 Å². The number of halogens is 1. The van der Waals surface area contributed by atoms with Crippen LogP contribution in [0.25, 0.3) is 0 Å². The van der Waals surface area contributed by atoms with Gasteiger partial charge >= 0.3 is 0 Å². The summed E-state index contributed by atoms with van der Waals surface area (Å²) in [6.07, 6.45) is 0.517. The highest BCUT2D eigenvalue weighted by Gasteiger charge is 2.02. The molecule has 2 N–H and O–H groups in total. The molecule has 1 rings (SSSR count). The number of nitrogens with one attached hydrogen (secondary N) is 2. The minimum Gasteiger partial charge on any atom is -0.354 e. The summed E-state index contributed by atoms with van der Waals surface area (Å²) in [5, 5.41) is 6.12. The van der Waals surface area contributed by atoms with Gasteiger partial charge in [0.1, 0.15) is 0 Å². The molecule has 0 fully saturated rings. The van der Waals surface area contributed by atoms with E-state index in [-0.39, 0.29) is 11.9 Å². The molecule has 94 valence electrons. The van der Waals surface area contributed by atoms with Crippen LogP contribution in [-0.4, -0.2) is 18.5 Å². The Morgan fingerprint density at radius 3 is 2.71 bits per heavy atom. The first-order valence-corrected chi connectivity index (χ1v) is 6.62. The average molecular weight is 299 g/mol. The highest BCUT2D eigenvalue weighted by Crippen LogP contribution is 2.15. The summed E-state index contributed by atoms with van der Waals surface area (Å²) in [5.74, 6) is 0.0969. The lowest BCUT2D eigenvalue weighted by Gasteiger charge is -2.09. The van der Waals surface area contributed by atoms with Crippen molar-refractivity contribution in [2.24, 2.45) is 0 Å². The number of amides is 1. The van der Waals surface area contributed by atoms with Crippen LogP contribution >= 0.6 is 15.9 Å². The van der Waals surface area contributed by atoms with Crippen molar-refractivity contribution < 1.29 is 4.79 Å². The summed E-state index contributed by atoms with van der Waals surface area (Å²) < 4.78 is 1.10. The Hall–Kier alpha value is -0.870. The van der Waals surface area contributed by atoms with Gasteiger partial charge in [0.2, 0.25) is 5.91 Å². The molecule has 0 aliphatic rings. The van der Waals surface area contributed by atoms with Crippen molar-refractivity contribution in [1.82, 2.24) is 10.6 Å². The van der Waals surface area contributed by atoms with Gasteiger partial charge in [-0.25, -0.2) is 0 Å². The summed E-state index contributed by atoms with van der Waals surface area (Å²) in [7, 11) is 0. The van der Waals surface area contributed by atoms with Gasteiger partial charge in [0.15, 0.2) is 0 Å². The molecule has 0 spiro atoms. The SMILES string of the molecule is CC(C)NC(=O)CCNCc1ccccc1Br. The van der Waals surface area contributed by atoms with Crippen LogP contribution in [0.15, 0.2) is 28.7 Å². The maximum Gasteiger partial charge on any atom is 0.221 e. The molecule has 0 bridgehead atoms. The quantitative estimate of drug-likeness (QED) is 0.792. The van der Waals surface area contributed by atoms with Crippen LogP contribution in [0.1, 0.15) is 25.8 Å². The van der Waals surface area contributed by atoms with Crippen molar-refractivity contribution in [3.63, 3.8) is 0 Å². The van der Waals surface area contributed by atoms with E-state index in [0.29, 0.717) is 13.0 Å². The van der Waals surface area contributed by atoms with E-state index in [1.54, 1.807) is 0 Å². The van der Waals surface area contributed by atoms with Crippen molar-refractivity contribution in [2.45, 2.75) is 32.9 Å². The molecule has 17 heavy (non-hydrogen) atoms. The van der Waals surface area contributed by atoms with E-state index in [4.69, 9.17) is 0 Å². The molecule has 0 aromatic heterocycles. The van der Waals surface area contributed by atoms with Crippen LogP contribution in [-0.2, 0) is 11.3 Å². The third kappa shape index (κ3) is 5.84. The van der Waals surface area contributed by atoms with Crippen LogP contribution in [0.2, 0.25) is 0 Å². The van der Waals surface area contributed by atoms with Gasteiger partial charge in [-0.15, -0.1) is 0 Å². The summed E-state index contributed by atoms with van der Waals surface area (Å²) in [5.41, 5.74) is 1.21. The van der Waals surface area contributed by atoms with Gasteiger partial charge < -0.3 is 10.6 Å². The predicted octanol–water partition coefficient (Wildman–Crippen LogP) is 2.45. The smallest absolute Gasteiger partial charge is 0.221 e. The molecule has 1 aromatic rings. The van der Waals surface area contributed by atoms with E-state index < -0.39 is 0 Å². The predicted molar refractivity (Wildman–Crippen MR) is 73.7 cm³/mol. The van der Waals surface area contributed by atoms with E-state index in [0.717, 1.165) is 11.0 Å². The molecule has 4 heteroatoms. The Bertz CT molecular complexity index is 366. The normalized spacial score (nSPS) is 10.6. The summed E-state index contributed by atoms with van der Waals surface area (Å²) in [4.78, 5) is 11.4. The van der Waals surface area contributed by atoms with Gasteiger partial charge in [0, 0.05) is 30.0 Å². The molecule has 0 unspecified atom stereocenters. The Morgan fingerprint density at radius 1 is 1.35 bits per heavy atom. The summed E-state index contributed by atoms with van der Waals surface area (Å²) >= 11 is 3.49. The summed E-state index contributed by atoms with van der Waals surface area (Å²) in [6.45, 7) is 5.40. The van der Waals surface area contributed by atoms with Gasteiger partial charge in [-0.05, 0) is 25.5 Å². The molecular weight excluding hydrogens is 280 g/mol. The zero-order valence-electron chi connectivity index (χ0n) is 10.3. The average Bonchev–Trinajstić information content (AvgIpc) is 2.25. The maximum absolute atomic E-state index is 11.4.